The molecule has 0 spiro atoms. The molecule has 1 aliphatic rings. The third kappa shape index (κ3) is 4.90. The number of hydrogen-bond acceptors (Lipinski definition) is 7. The van der Waals surface area contributed by atoms with Crippen LogP contribution in [0.25, 0.3) is 5.65 Å². The minimum absolute atomic E-state index is 0.0516. The number of aryl methyl sites for hydroxylation is 1. The minimum Gasteiger partial charge on any atom is -0.455 e. The van der Waals surface area contributed by atoms with Crippen molar-refractivity contribution in [2.45, 2.75) is 52.5 Å². The molecule has 188 valence electrons. The number of fused-ring (bicyclic) bond motifs is 1. The van der Waals surface area contributed by atoms with Gasteiger partial charge in [-0.1, -0.05) is 20.8 Å². The van der Waals surface area contributed by atoms with Crippen LogP contribution < -0.4 is 15.4 Å². The molecule has 0 saturated carbocycles. The number of amides is 1. The highest BCUT2D eigenvalue weighted by Crippen LogP contribution is 2.32. The minimum atomic E-state index is -0.188. The van der Waals surface area contributed by atoms with E-state index in [1.54, 1.807) is 18.3 Å². The summed E-state index contributed by atoms with van der Waals surface area (Å²) in [6.45, 7) is 11.4. The predicted octanol–water partition coefficient (Wildman–Crippen LogP) is 4.99. The first-order valence-electron chi connectivity index (χ1n) is 12.0. The van der Waals surface area contributed by atoms with Gasteiger partial charge in [0.05, 0.1) is 24.5 Å². The Labute approximate surface area is 209 Å². The van der Waals surface area contributed by atoms with Gasteiger partial charge < -0.3 is 20.1 Å². The van der Waals surface area contributed by atoms with E-state index in [1.165, 1.54) is 6.92 Å². The van der Waals surface area contributed by atoms with Crippen LogP contribution in [0.3, 0.4) is 0 Å². The molecule has 4 aromatic rings. The maximum Gasteiger partial charge on any atom is 0.222 e. The van der Waals surface area contributed by atoms with Gasteiger partial charge in [-0.25, -0.2) is 9.97 Å². The summed E-state index contributed by atoms with van der Waals surface area (Å²) in [6, 6.07) is 9.56. The normalized spacial score (nSPS) is 15.9. The SMILES string of the molecule is CC(=O)Nc1cc(Oc2ccc3nc(Nc4cc(C(C)(C)C)n(C5CCOC5)n4)cn3c2C)ccn1. The topological polar surface area (TPSA) is 108 Å². The maximum atomic E-state index is 11.3. The molecule has 1 atom stereocenters. The monoisotopic (exact) mass is 489 g/mol. The quantitative estimate of drug-likeness (QED) is 0.393. The Kier molecular flexibility index (Phi) is 6.13. The summed E-state index contributed by atoms with van der Waals surface area (Å²) in [7, 11) is 0. The van der Waals surface area contributed by atoms with E-state index < -0.39 is 0 Å². The molecule has 0 radical (unpaired) electrons. The second-order valence-corrected chi connectivity index (χ2v) is 10.0. The molecule has 1 unspecified atom stereocenters. The van der Waals surface area contributed by atoms with Crippen LogP contribution in [0.4, 0.5) is 17.5 Å². The fourth-order valence-corrected chi connectivity index (χ4v) is 4.33. The molecule has 4 aromatic heterocycles. The molecule has 10 nitrogen and oxygen atoms in total. The first kappa shape index (κ1) is 23.8. The molecule has 1 aliphatic heterocycles. The van der Waals surface area contributed by atoms with Gasteiger partial charge in [0.25, 0.3) is 0 Å². The van der Waals surface area contributed by atoms with Crippen molar-refractivity contribution in [2.24, 2.45) is 0 Å². The number of pyridine rings is 2. The molecule has 36 heavy (non-hydrogen) atoms. The number of carbonyl (C=O) groups is 1. The van der Waals surface area contributed by atoms with Crippen LogP contribution in [0.1, 0.15) is 51.5 Å². The van der Waals surface area contributed by atoms with Crippen molar-refractivity contribution >= 4 is 29.0 Å². The number of aromatic nitrogens is 5. The second-order valence-electron chi connectivity index (χ2n) is 10.0. The van der Waals surface area contributed by atoms with Crippen molar-refractivity contribution in [3.8, 4) is 11.5 Å². The van der Waals surface area contributed by atoms with Gasteiger partial charge in [0.2, 0.25) is 5.91 Å². The molecular weight excluding hydrogens is 458 g/mol. The van der Waals surface area contributed by atoms with E-state index in [0.717, 1.165) is 35.9 Å². The smallest absolute Gasteiger partial charge is 0.222 e. The molecule has 0 aliphatic carbocycles. The van der Waals surface area contributed by atoms with Gasteiger partial charge >= 0.3 is 0 Å². The lowest BCUT2D eigenvalue weighted by Crippen LogP contribution is -2.22. The molecule has 1 saturated heterocycles. The van der Waals surface area contributed by atoms with E-state index in [0.29, 0.717) is 29.7 Å². The van der Waals surface area contributed by atoms with Crippen molar-refractivity contribution in [3.63, 3.8) is 0 Å². The fraction of sp³-hybridized carbons (Fsp3) is 0.385. The molecule has 1 fully saturated rings. The number of rotatable bonds is 6. The second kappa shape index (κ2) is 9.27. The van der Waals surface area contributed by atoms with Crippen molar-refractivity contribution < 1.29 is 14.3 Å². The lowest BCUT2D eigenvalue weighted by atomic mass is 9.91. The van der Waals surface area contributed by atoms with E-state index in [4.69, 9.17) is 19.6 Å². The number of nitrogens with one attached hydrogen (secondary N) is 2. The third-order valence-electron chi connectivity index (χ3n) is 6.11. The Morgan fingerprint density at radius 3 is 2.72 bits per heavy atom. The predicted molar refractivity (Wildman–Crippen MR) is 137 cm³/mol. The molecule has 5 rings (SSSR count). The van der Waals surface area contributed by atoms with Gasteiger partial charge in [0.15, 0.2) is 11.6 Å². The molecule has 2 N–H and O–H groups in total. The Morgan fingerprint density at radius 1 is 1.17 bits per heavy atom. The summed E-state index contributed by atoms with van der Waals surface area (Å²) in [4.78, 5) is 20.2. The Morgan fingerprint density at radius 2 is 2.00 bits per heavy atom. The van der Waals surface area contributed by atoms with E-state index in [1.807, 2.05) is 29.7 Å². The van der Waals surface area contributed by atoms with Gasteiger partial charge in [-0.2, -0.15) is 5.10 Å². The number of hydrogen-bond donors (Lipinski definition) is 2. The largest absolute Gasteiger partial charge is 0.455 e. The average Bonchev–Trinajstić information content (AvgIpc) is 3.55. The highest BCUT2D eigenvalue weighted by atomic mass is 16.5. The van der Waals surface area contributed by atoms with Crippen LogP contribution in [0.15, 0.2) is 42.7 Å². The van der Waals surface area contributed by atoms with Gasteiger partial charge in [-0.3, -0.25) is 13.9 Å². The van der Waals surface area contributed by atoms with Crippen molar-refractivity contribution in [1.29, 1.82) is 0 Å². The number of ether oxygens (including phenoxy) is 2. The highest BCUT2D eigenvalue weighted by molar-refractivity contribution is 5.87. The first-order valence-corrected chi connectivity index (χ1v) is 12.0. The van der Waals surface area contributed by atoms with E-state index in [-0.39, 0.29) is 17.4 Å². The molecule has 10 heteroatoms. The van der Waals surface area contributed by atoms with Crippen molar-refractivity contribution in [1.82, 2.24) is 24.1 Å². The van der Waals surface area contributed by atoms with E-state index in [9.17, 15) is 4.79 Å². The van der Waals surface area contributed by atoms with E-state index in [2.05, 4.69) is 47.1 Å². The molecular formula is C26H31N7O3. The summed E-state index contributed by atoms with van der Waals surface area (Å²) in [5.74, 6) is 2.95. The maximum absolute atomic E-state index is 11.3. The summed E-state index contributed by atoms with van der Waals surface area (Å²) < 4.78 is 15.8. The number of nitrogens with zero attached hydrogens (tertiary/aromatic N) is 5. The number of imidazole rings is 1. The summed E-state index contributed by atoms with van der Waals surface area (Å²) in [6.07, 6.45) is 4.49. The number of anilines is 3. The zero-order chi connectivity index (χ0) is 25.4. The lowest BCUT2D eigenvalue weighted by molar-refractivity contribution is -0.114. The van der Waals surface area contributed by atoms with Crippen LogP contribution in [0.2, 0.25) is 0 Å². The highest BCUT2D eigenvalue weighted by Gasteiger charge is 2.28. The zero-order valence-corrected chi connectivity index (χ0v) is 21.2. The van der Waals surface area contributed by atoms with Crippen LogP contribution in [-0.2, 0) is 14.9 Å². The summed E-state index contributed by atoms with van der Waals surface area (Å²) in [5.41, 5.74) is 2.78. The van der Waals surface area contributed by atoms with Gasteiger partial charge in [0, 0.05) is 43.0 Å². The van der Waals surface area contributed by atoms with E-state index >= 15 is 0 Å². The zero-order valence-electron chi connectivity index (χ0n) is 21.2. The van der Waals surface area contributed by atoms with Gasteiger partial charge in [-0.15, -0.1) is 0 Å². The fourth-order valence-electron chi connectivity index (χ4n) is 4.33. The average molecular weight is 490 g/mol. The standard InChI is InChI=1S/C26H31N7O3/c1-16-20(36-19-8-10-27-22(12-19)28-17(2)34)6-7-25-30-24(14-32(16)25)29-23-13-21(26(3,4)5)33(31-23)18-9-11-35-15-18/h6-8,10,12-14,18H,9,11,15H2,1-5H3,(H,29,31)(H,27,28,34). The molecule has 5 heterocycles. The summed E-state index contributed by atoms with van der Waals surface area (Å²) in [5, 5.41) is 10.9. The number of carbonyl (C=O) groups excluding carboxylic acids is 1. The lowest BCUT2D eigenvalue weighted by Gasteiger charge is -2.22. The molecule has 0 bridgehead atoms. The van der Waals surface area contributed by atoms with Crippen LogP contribution >= 0.6 is 0 Å². The van der Waals surface area contributed by atoms with Gasteiger partial charge in [0.1, 0.15) is 23.0 Å². The third-order valence-corrected chi connectivity index (χ3v) is 6.11. The van der Waals surface area contributed by atoms with Crippen LogP contribution in [0, 0.1) is 6.92 Å². The van der Waals surface area contributed by atoms with Crippen molar-refractivity contribution in [3.05, 3.63) is 54.1 Å². The Hall–Kier alpha value is -3.92. The Bertz CT molecular complexity index is 1410. The molecule has 0 aromatic carbocycles. The van der Waals surface area contributed by atoms with Crippen LogP contribution in [0.5, 0.6) is 11.5 Å². The van der Waals surface area contributed by atoms with Crippen LogP contribution in [-0.4, -0.2) is 43.3 Å². The Balaban J connectivity index is 1.40. The molecule has 1 amide bonds. The van der Waals surface area contributed by atoms with Crippen molar-refractivity contribution in [2.75, 3.05) is 23.8 Å². The van der Waals surface area contributed by atoms with Gasteiger partial charge in [-0.05, 0) is 31.5 Å². The first-order chi connectivity index (χ1) is 17.2. The summed E-state index contributed by atoms with van der Waals surface area (Å²) >= 11 is 0.